The molecule has 0 saturated heterocycles. The second-order valence-corrected chi connectivity index (χ2v) is 9.41. The molecule has 0 amide bonds. The van der Waals surface area contributed by atoms with E-state index in [9.17, 15) is 19.8 Å². The zero-order valence-corrected chi connectivity index (χ0v) is 17.2. The molecule has 7 heteroatoms. The molecule has 0 aromatic carbocycles. The minimum atomic E-state index is -1.87. The molecule has 0 unspecified atom stereocenters. The van der Waals surface area contributed by atoms with Gasteiger partial charge in [0.2, 0.25) is 0 Å². The molecule has 152 valence electrons. The number of rotatable bonds is 3. The van der Waals surface area contributed by atoms with E-state index in [2.05, 4.69) is 0 Å². The molecule has 2 fully saturated rings. The molecule has 0 radical (unpaired) electrons. The highest BCUT2D eigenvalue weighted by Crippen LogP contribution is 2.58. The molecule has 2 saturated carbocycles. The molecular weight excluding hydrogens is 372 g/mol. The average molecular weight is 401 g/mol. The Morgan fingerprint density at radius 2 is 2.07 bits per heavy atom. The van der Waals surface area contributed by atoms with Crippen molar-refractivity contribution >= 4 is 23.5 Å². The lowest BCUT2D eigenvalue weighted by molar-refractivity contribution is -0.192. The number of alkyl halides is 1. The number of halogens is 1. The van der Waals surface area contributed by atoms with Gasteiger partial charge in [-0.1, -0.05) is 13.8 Å². The number of aliphatic hydroxyl groups is 2. The van der Waals surface area contributed by atoms with Crippen LogP contribution in [0.25, 0.3) is 0 Å². The standard InChI is InChI=1S/C20H29ClO6/c1-9-15-14(26-17(9)23)8-12-6-7-13(22)10(2)19(12,4)16(15)27-18(24)20(5,25)11(3)21/h10-14,16,22,25H,6-8H2,1-5H3/t10-,11-,12+,13-,14+,16+,19+,20-/m0/s1. The van der Waals surface area contributed by atoms with Gasteiger partial charge in [-0.05, 0) is 51.9 Å². The van der Waals surface area contributed by atoms with Crippen molar-refractivity contribution in [3.05, 3.63) is 11.1 Å². The number of carbonyl (C=O) groups is 2. The fourth-order valence-electron chi connectivity index (χ4n) is 4.90. The largest absolute Gasteiger partial charge is 0.455 e. The number of aliphatic hydroxyl groups excluding tert-OH is 1. The summed E-state index contributed by atoms with van der Waals surface area (Å²) >= 11 is 5.99. The van der Waals surface area contributed by atoms with Gasteiger partial charge in [0.05, 0.1) is 11.5 Å². The van der Waals surface area contributed by atoms with E-state index in [4.69, 9.17) is 21.1 Å². The van der Waals surface area contributed by atoms with E-state index in [0.29, 0.717) is 24.0 Å². The zero-order chi connectivity index (χ0) is 20.3. The molecule has 2 aliphatic carbocycles. The number of fused-ring (bicyclic) bond motifs is 2. The Morgan fingerprint density at radius 3 is 2.67 bits per heavy atom. The first-order valence-electron chi connectivity index (χ1n) is 9.59. The van der Waals surface area contributed by atoms with Gasteiger partial charge in [0.1, 0.15) is 12.2 Å². The lowest BCUT2D eigenvalue weighted by atomic mass is 9.52. The summed E-state index contributed by atoms with van der Waals surface area (Å²) in [7, 11) is 0. The van der Waals surface area contributed by atoms with Crippen LogP contribution in [0, 0.1) is 17.3 Å². The average Bonchev–Trinajstić information content (AvgIpc) is 2.87. The second kappa shape index (κ2) is 6.75. The maximum Gasteiger partial charge on any atom is 0.339 e. The van der Waals surface area contributed by atoms with E-state index in [1.54, 1.807) is 6.92 Å². The van der Waals surface area contributed by atoms with Crippen LogP contribution in [0.2, 0.25) is 0 Å². The molecule has 3 rings (SSSR count). The Morgan fingerprint density at radius 1 is 1.44 bits per heavy atom. The van der Waals surface area contributed by atoms with E-state index in [-0.39, 0.29) is 11.8 Å². The third-order valence-corrected chi connectivity index (χ3v) is 7.77. The summed E-state index contributed by atoms with van der Waals surface area (Å²) in [6.07, 6.45) is 0.384. The Kier molecular flexibility index (Phi) is 5.15. The third-order valence-electron chi connectivity index (χ3n) is 7.34. The molecule has 0 aromatic heterocycles. The first-order valence-corrected chi connectivity index (χ1v) is 10.0. The Hall–Kier alpha value is -1.11. The van der Waals surface area contributed by atoms with Crippen molar-refractivity contribution in [1.29, 1.82) is 0 Å². The Balaban J connectivity index is 2.06. The van der Waals surface area contributed by atoms with E-state index >= 15 is 0 Å². The molecule has 8 atom stereocenters. The summed E-state index contributed by atoms with van der Waals surface area (Å²) in [4.78, 5) is 25.0. The van der Waals surface area contributed by atoms with Gasteiger partial charge in [-0.2, -0.15) is 0 Å². The normalized spacial score (nSPS) is 41.9. The van der Waals surface area contributed by atoms with Crippen LogP contribution < -0.4 is 0 Å². The maximum absolute atomic E-state index is 12.8. The quantitative estimate of drug-likeness (QED) is 0.558. The van der Waals surface area contributed by atoms with Crippen LogP contribution in [0.4, 0.5) is 0 Å². The van der Waals surface area contributed by atoms with Crippen LogP contribution >= 0.6 is 11.6 Å². The van der Waals surface area contributed by atoms with Gasteiger partial charge in [-0.25, -0.2) is 9.59 Å². The second-order valence-electron chi connectivity index (χ2n) is 8.76. The van der Waals surface area contributed by atoms with Gasteiger partial charge in [-0.15, -0.1) is 11.6 Å². The van der Waals surface area contributed by atoms with Gasteiger partial charge in [0, 0.05) is 16.6 Å². The van der Waals surface area contributed by atoms with Crippen molar-refractivity contribution in [2.75, 3.05) is 0 Å². The Labute approximate surface area is 164 Å². The van der Waals surface area contributed by atoms with Crippen molar-refractivity contribution in [2.24, 2.45) is 17.3 Å². The van der Waals surface area contributed by atoms with Gasteiger partial charge in [0.25, 0.3) is 0 Å². The number of carbonyl (C=O) groups excluding carboxylic acids is 2. The van der Waals surface area contributed by atoms with Crippen molar-refractivity contribution in [1.82, 2.24) is 0 Å². The molecule has 0 aromatic rings. The minimum absolute atomic E-state index is 0.125. The SMILES string of the molecule is CC1=C2[C@@H](OC(=O)[C@@](C)(O)[C@H](C)Cl)[C@@]3(C)[C@H](CC[C@H](O)[C@@H]3C)C[C@H]2OC1=O. The highest BCUT2D eigenvalue weighted by atomic mass is 35.5. The van der Waals surface area contributed by atoms with Crippen molar-refractivity contribution in [3.8, 4) is 0 Å². The summed E-state index contributed by atoms with van der Waals surface area (Å²) in [5.41, 5.74) is -1.33. The number of esters is 2. The Bertz CT molecular complexity index is 684. The predicted molar refractivity (Wildman–Crippen MR) is 99.0 cm³/mol. The van der Waals surface area contributed by atoms with Crippen LogP contribution in [-0.2, 0) is 19.1 Å². The molecule has 6 nitrogen and oxygen atoms in total. The van der Waals surface area contributed by atoms with E-state index in [1.807, 2.05) is 13.8 Å². The smallest absolute Gasteiger partial charge is 0.339 e. The number of hydrogen-bond acceptors (Lipinski definition) is 6. The molecule has 2 N–H and O–H groups in total. The first kappa shape index (κ1) is 20.6. The molecule has 3 aliphatic rings. The summed E-state index contributed by atoms with van der Waals surface area (Å²) in [5.74, 6) is -1.25. The summed E-state index contributed by atoms with van der Waals surface area (Å²) in [5, 5.41) is 20.1. The predicted octanol–water partition coefficient (Wildman–Crippen LogP) is 2.34. The highest BCUT2D eigenvalue weighted by molar-refractivity contribution is 6.22. The number of ether oxygens (including phenoxy) is 2. The monoisotopic (exact) mass is 400 g/mol. The van der Waals surface area contributed by atoms with Crippen LogP contribution in [0.15, 0.2) is 11.1 Å². The highest BCUT2D eigenvalue weighted by Gasteiger charge is 2.61. The van der Waals surface area contributed by atoms with Crippen LogP contribution in [-0.4, -0.2) is 51.4 Å². The fourth-order valence-corrected chi connectivity index (χ4v) is 4.99. The third kappa shape index (κ3) is 3.00. The minimum Gasteiger partial charge on any atom is -0.455 e. The van der Waals surface area contributed by atoms with Crippen LogP contribution in [0.3, 0.4) is 0 Å². The molecule has 0 spiro atoms. The summed E-state index contributed by atoms with van der Waals surface area (Å²) in [6, 6.07) is 0. The number of hydrogen-bond donors (Lipinski definition) is 2. The van der Waals surface area contributed by atoms with Gasteiger partial charge >= 0.3 is 11.9 Å². The molecule has 1 aliphatic heterocycles. The van der Waals surface area contributed by atoms with Crippen molar-refractivity contribution < 1.29 is 29.3 Å². The summed E-state index contributed by atoms with van der Waals surface area (Å²) in [6.45, 7) is 8.48. The lowest BCUT2D eigenvalue weighted by Crippen LogP contribution is -2.59. The van der Waals surface area contributed by atoms with Crippen LogP contribution in [0.1, 0.15) is 53.9 Å². The van der Waals surface area contributed by atoms with Crippen LogP contribution in [0.5, 0.6) is 0 Å². The lowest BCUT2D eigenvalue weighted by Gasteiger charge is -2.56. The van der Waals surface area contributed by atoms with E-state index in [1.165, 1.54) is 13.8 Å². The van der Waals surface area contributed by atoms with Gasteiger partial charge in [-0.3, -0.25) is 0 Å². The van der Waals surface area contributed by atoms with E-state index in [0.717, 1.165) is 6.42 Å². The molecule has 0 bridgehead atoms. The topological polar surface area (TPSA) is 93.1 Å². The molecular formula is C20H29ClO6. The summed E-state index contributed by atoms with van der Waals surface area (Å²) < 4.78 is 11.4. The van der Waals surface area contributed by atoms with Crippen molar-refractivity contribution in [3.63, 3.8) is 0 Å². The fraction of sp³-hybridized carbons (Fsp3) is 0.800. The maximum atomic E-state index is 12.8. The van der Waals surface area contributed by atoms with E-state index < -0.39 is 46.6 Å². The van der Waals surface area contributed by atoms with Crippen molar-refractivity contribution in [2.45, 2.75) is 83.2 Å². The van der Waals surface area contributed by atoms with Gasteiger partial charge in [0.15, 0.2) is 5.60 Å². The zero-order valence-electron chi connectivity index (χ0n) is 16.5. The first-order chi connectivity index (χ1) is 12.4. The molecule has 27 heavy (non-hydrogen) atoms. The van der Waals surface area contributed by atoms with Gasteiger partial charge < -0.3 is 19.7 Å². The molecule has 1 heterocycles.